The van der Waals surface area contributed by atoms with Gasteiger partial charge in [-0.15, -0.1) is 0 Å². The van der Waals surface area contributed by atoms with Gasteiger partial charge in [0.15, 0.2) is 0 Å². The normalized spacial score (nSPS) is 10.9. The number of hydrogen-bond donors (Lipinski definition) is 3. The molecule has 1 rings (SSSR count). The molecule has 22 heavy (non-hydrogen) atoms. The predicted molar refractivity (Wildman–Crippen MR) is 77.8 cm³/mol. The van der Waals surface area contributed by atoms with Gasteiger partial charge in [0.1, 0.15) is 5.82 Å². The van der Waals surface area contributed by atoms with Gasteiger partial charge in [-0.05, 0) is 38.5 Å². The second-order valence-electron chi connectivity index (χ2n) is 5.52. The maximum absolute atomic E-state index is 13.0. The fraction of sp³-hybridized carbons (Fsp3) is 0.400. The van der Waals surface area contributed by atoms with E-state index in [9.17, 15) is 18.8 Å². The molecule has 0 spiro atoms. The summed E-state index contributed by atoms with van der Waals surface area (Å²) in [6, 6.07) is 5.13. The molecule has 120 valence electrons. The molecule has 6 nitrogen and oxygen atoms in total. The molecule has 2 amide bonds. The lowest BCUT2D eigenvalue weighted by Gasteiger charge is -2.25. The second-order valence-corrected chi connectivity index (χ2v) is 5.52. The minimum absolute atomic E-state index is 0.0665. The van der Waals surface area contributed by atoms with Gasteiger partial charge in [0.25, 0.3) is 5.91 Å². The number of rotatable bonds is 7. The van der Waals surface area contributed by atoms with Crippen molar-refractivity contribution in [3.8, 4) is 0 Å². The molecule has 0 aromatic heterocycles. The molecule has 0 atom stereocenters. The number of hydrogen-bond acceptors (Lipinski definition) is 3. The van der Waals surface area contributed by atoms with Crippen LogP contribution in [-0.2, 0) is 9.59 Å². The first-order valence-corrected chi connectivity index (χ1v) is 6.76. The highest BCUT2D eigenvalue weighted by atomic mass is 19.1. The van der Waals surface area contributed by atoms with Crippen molar-refractivity contribution in [3.63, 3.8) is 0 Å². The highest BCUT2D eigenvalue weighted by Crippen LogP contribution is 2.10. The van der Waals surface area contributed by atoms with E-state index in [2.05, 4.69) is 10.6 Å². The minimum atomic E-state index is -0.943. The number of carbonyl (C=O) groups excluding carboxylic acids is 2. The number of carbonyl (C=O) groups is 3. The third-order valence-corrected chi connectivity index (χ3v) is 2.94. The van der Waals surface area contributed by atoms with Crippen molar-refractivity contribution in [2.75, 3.05) is 6.54 Å². The predicted octanol–water partition coefficient (Wildman–Crippen LogP) is 1.32. The maximum Gasteiger partial charge on any atom is 0.303 e. The molecule has 1 aromatic carbocycles. The van der Waals surface area contributed by atoms with Crippen molar-refractivity contribution in [2.24, 2.45) is 0 Å². The monoisotopic (exact) mass is 310 g/mol. The number of aliphatic carboxylic acids is 1. The smallest absolute Gasteiger partial charge is 0.303 e. The fourth-order valence-electron chi connectivity index (χ4n) is 1.80. The van der Waals surface area contributed by atoms with Crippen LogP contribution >= 0.6 is 0 Å². The summed E-state index contributed by atoms with van der Waals surface area (Å²) in [5.41, 5.74) is -0.572. The van der Waals surface area contributed by atoms with E-state index in [0.717, 1.165) is 6.07 Å². The summed E-state index contributed by atoms with van der Waals surface area (Å²) >= 11 is 0. The summed E-state index contributed by atoms with van der Waals surface area (Å²) in [6.07, 6.45) is 0.203. The number of carboxylic acids is 1. The van der Waals surface area contributed by atoms with Gasteiger partial charge in [0.2, 0.25) is 5.91 Å². The zero-order valence-electron chi connectivity index (χ0n) is 12.5. The van der Waals surface area contributed by atoms with Crippen LogP contribution in [0.1, 0.15) is 37.0 Å². The third-order valence-electron chi connectivity index (χ3n) is 2.94. The Hall–Kier alpha value is -2.44. The molecule has 0 aliphatic heterocycles. The van der Waals surface area contributed by atoms with Crippen molar-refractivity contribution >= 4 is 17.8 Å². The Kier molecular flexibility index (Phi) is 6.03. The Morgan fingerprint density at radius 2 is 1.95 bits per heavy atom. The van der Waals surface area contributed by atoms with Crippen LogP contribution < -0.4 is 10.6 Å². The maximum atomic E-state index is 13.0. The Morgan fingerprint density at radius 3 is 2.55 bits per heavy atom. The SMILES string of the molecule is CC(C)(CCC(=O)O)NC(=O)CNC(=O)c1cccc(F)c1. The van der Waals surface area contributed by atoms with Crippen LogP contribution in [0.4, 0.5) is 4.39 Å². The molecule has 0 saturated carbocycles. The lowest BCUT2D eigenvalue weighted by atomic mass is 9.98. The van der Waals surface area contributed by atoms with Crippen LogP contribution in [0.5, 0.6) is 0 Å². The van der Waals surface area contributed by atoms with Crippen LogP contribution in [0.3, 0.4) is 0 Å². The topological polar surface area (TPSA) is 95.5 Å². The van der Waals surface area contributed by atoms with Crippen LogP contribution in [0.25, 0.3) is 0 Å². The summed E-state index contributed by atoms with van der Waals surface area (Å²) in [4.78, 5) is 34.0. The number of amides is 2. The average molecular weight is 310 g/mol. The van der Waals surface area contributed by atoms with E-state index in [4.69, 9.17) is 5.11 Å². The second kappa shape index (κ2) is 7.53. The van der Waals surface area contributed by atoms with Gasteiger partial charge in [-0.3, -0.25) is 14.4 Å². The van der Waals surface area contributed by atoms with Crippen molar-refractivity contribution in [3.05, 3.63) is 35.6 Å². The number of halogens is 1. The lowest BCUT2D eigenvalue weighted by molar-refractivity contribution is -0.137. The lowest BCUT2D eigenvalue weighted by Crippen LogP contribution is -2.47. The number of carboxylic acid groups (broad SMARTS) is 1. The van der Waals surface area contributed by atoms with Gasteiger partial charge in [-0.2, -0.15) is 0 Å². The highest BCUT2D eigenvalue weighted by molar-refractivity contribution is 5.96. The van der Waals surface area contributed by atoms with Gasteiger partial charge in [0.05, 0.1) is 6.54 Å². The molecule has 0 bridgehead atoms. The Labute approximate surface area is 127 Å². The summed E-state index contributed by atoms with van der Waals surface area (Å²) < 4.78 is 13.0. The summed E-state index contributed by atoms with van der Waals surface area (Å²) in [7, 11) is 0. The molecule has 1 aromatic rings. The molecule has 0 radical (unpaired) electrons. The van der Waals surface area contributed by atoms with Gasteiger partial charge in [-0.25, -0.2) is 4.39 Å². The van der Waals surface area contributed by atoms with Crippen molar-refractivity contribution in [1.82, 2.24) is 10.6 Å². The van der Waals surface area contributed by atoms with Crippen molar-refractivity contribution in [1.29, 1.82) is 0 Å². The molecule has 0 aliphatic carbocycles. The summed E-state index contributed by atoms with van der Waals surface area (Å²) in [5, 5.41) is 13.7. The first-order chi connectivity index (χ1) is 10.2. The van der Waals surface area contributed by atoms with Crippen LogP contribution in [0, 0.1) is 5.82 Å². The van der Waals surface area contributed by atoms with E-state index < -0.39 is 29.1 Å². The van der Waals surface area contributed by atoms with E-state index in [0.29, 0.717) is 0 Å². The zero-order valence-corrected chi connectivity index (χ0v) is 12.5. The Morgan fingerprint density at radius 1 is 1.27 bits per heavy atom. The molecular formula is C15H19FN2O4. The largest absolute Gasteiger partial charge is 0.481 e. The first kappa shape index (κ1) is 17.6. The molecule has 0 fully saturated rings. The molecule has 0 aliphatic rings. The van der Waals surface area contributed by atoms with Gasteiger partial charge >= 0.3 is 5.97 Å². The van der Waals surface area contributed by atoms with Gasteiger partial charge in [-0.1, -0.05) is 6.07 Å². The van der Waals surface area contributed by atoms with Crippen molar-refractivity contribution < 1.29 is 23.9 Å². The van der Waals surface area contributed by atoms with E-state index in [-0.39, 0.29) is 24.9 Å². The minimum Gasteiger partial charge on any atom is -0.481 e. The van der Waals surface area contributed by atoms with E-state index in [1.165, 1.54) is 18.2 Å². The van der Waals surface area contributed by atoms with E-state index in [1.807, 2.05) is 0 Å². The molecule has 0 heterocycles. The standard InChI is InChI=1S/C15H19FN2O4/c1-15(2,7-6-13(20)21)18-12(19)9-17-14(22)10-4-3-5-11(16)8-10/h3-5,8H,6-7,9H2,1-2H3,(H,17,22)(H,18,19)(H,20,21). The summed E-state index contributed by atoms with van der Waals surface area (Å²) in [5.74, 6) is -2.48. The molecule has 7 heteroatoms. The van der Waals surface area contributed by atoms with Crippen LogP contribution in [0.15, 0.2) is 24.3 Å². The molecular weight excluding hydrogens is 291 g/mol. The summed E-state index contributed by atoms with van der Waals surface area (Å²) in [6.45, 7) is 3.12. The van der Waals surface area contributed by atoms with Crippen LogP contribution in [0.2, 0.25) is 0 Å². The highest BCUT2D eigenvalue weighted by Gasteiger charge is 2.21. The molecule has 0 unspecified atom stereocenters. The van der Waals surface area contributed by atoms with E-state index in [1.54, 1.807) is 13.8 Å². The third kappa shape index (κ3) is 6.34. The van der Waals surface area contributed by atoms with Crippen LogP contribution in [-0.4, -0.2) is 35.0 Å². The fourth-order valence-corrected chi connectivity index (χ4v) is 1.80. The van der Waals surface area contributed by atoms with Gasteiger partial charge < -0.3 is 15.7 Å². The number of nitrogens with one attached hydrogen (secondary N) is 2. The molecule has 3 N–H and O–H groups in total. The first-order valence-electron chi connectivity index (χ1n) is 6.76. The van der Waals surface area contributed by atoms with E-state index >= 15 is 0 Å². The Balaban J connectivity index is 2.45. The molecule has 0 saturated heterocycles. The zero-order chi connectivity index (χ0) is 16.8. The quantitative estimate of drug-likeness (QED) is 0.707. The Bertz CT molecular complexity index is 572. The number of benzene rings is 1. The van der Waals surface area contributed by atoms with Crippen molar-refractivity contribution in [2.45, 2.75) is 32.2 Å². The van der Waals surface area contributed by atoms with Gasteiger partial charge in [0, 0.05) is 17.5 Å². The average Bonchev–Trinajstić information content (AvgIpc) is 2.42.